The highest BCUT2D eigenvalue weighted by atomic mass is 16.2. The van der Waals surface area contributed by atoms with E-state index >= 15 is 0 Å². The predicted molar refractivity (Wildman–Crippen MR) is 79.9 cm³/mol. The number of carbonyl (C=O) groups excluding carboxylic acids is 1. The normalized spacial score (nSPS) is 27.4. The lowest BCUT2D eigenvalue weighted by Gasteiger charge is -2.34. The van der Waals surface area contributed by atoms with E-state index in [1.165, 1.54) is 0 Å². The van der Waals surface area contributed by atoms with Crippen LogP contribution in [-0.4, -0.2) is 54.6 Å². The van der Waals surface area contributed by atoms with Crippen LogP contribution in [0.25, 0.3) is 0 Å². The molecule has 1 aliphatic heterocycles. The summed E-state index contributed by atoms with van der Waals surface area (Å²) in [4.78, 5) is 16.9. The summed E-state index contributed by atoms with van der Waals surface area (Å²) in [6, 6.07) is 0.235. The molecule has 112 valence electrons. The zero-order valence-electron chi connectivity index (χ0n) is 13.6. The maximum atomic E-state index is 12.7. The van der Waals surface area contributed by atoms with Crippen LogP contribution < -0.4 is 5.32 Å². The summed E-state index contributed by atoms with van der Waals surface area (Å²) in [5.41, 5.74) is 0. The van der Waals surface area contributed by atoms with E-state index < -0.39 is 0 Å². The van der Waals surface area contributed by atoms with Gasteiger partial charge in [-0.2, -0.15) is 0 Å². The maximum absolute atomic E-state index is 12.7. The number of likely N-dealkylation sites (N-methyl/N-ethyl adjacent to an activating group) is 1. The molecular formula is C15H31N3O. The average molecular weight is 269 g/mol. The van der Waals surface area contributed by atoms with Crippen molar-refractivity contribution in [1.29, 1.82) is 0 Å². The Bertz CT molecular complexity index is 304. The lowest BCUT2D eigenvalue weighted by Crippen LogP contribution is -2.49. The lowest BCUT2D eigenvalue weighted by atomic mass is 9.99. The molecule has 0 aromatic carbocycles. The first-order valence-corrected chi connectivity index (χ1v) is 7.52. The second-order valence-electron chi connectivity index (χ2n) is 6.58. The summed E-state index contributed by atoms with van der Waals surface area (Å²) in [5, 5.41) is 3.55. The van der Waals surface area contributed by atoms with E-state index in [9.17, 15) is 4.79 Å². The van der Waals surface area contributed by atoms with Crippen molar-refractivity contribution in [2.45, 2.75) is 59.3 Å². The van der Waals surface area contributed by atoms with E-state index in [4.69, 9.17) is 0 Å². The number of carbonyl (C=O) groups is 1. The largest absolute Gasteiger partial charge is 0.322 e. The van der Waals surface area contributed by atoms with Gasteiger partial charge >= 0.3 is 0 Å². The molecule has 0 aliphatic carbocycles. The molecule has 0 bridgehead atoms. The van der Waals surface area contributed by atoms with Crippen LogP contribution >= 0.6 is 0 Å². The van der Waals surface area contributed by atoms with Gasteiger partial charge in [-0.3, -0.25) is 10.1 Å². The summed E-state index contributed by atoms with van der Waals surface area (Å²) in [6.07, 6.45) is 1.20. The van der Waals surface area contributed by atoms with E-state index in [2.05, 4.69) is 63.8 Å². The molecule has 19 heavy (non-hydrogen) atoms. The molecule has 0 aromatic heterocycles. The molecule has 1 rings (SSSR count). The Kier molecular flexibility index (Phi) is 5.81. The van der Waals surface area contributed by atoms with Crippen LogP contribution in [0.5, 0.6) is 0 Å². The molecule has 1 aliphatic rings. The third-order valence-electron chi connectivity index (χ3n) is 4.12. The highest BCUT2D eigenvalue weighted by Crippen LogP contribution is 2.25. The maximum Gasteiger partial charge on any atom is 0.241 e. The Labute approximate surface area is 118 Å². The molecule has 4 unspecified atom stereocenters. The van der Waals surface area contributed by atoms with Gasteiger partial charge in [-0.15, -0.1) is 0 Å². The van der Waals surface area contributed by atoms with Gasteiger partial charge in [0.25, 0.3) is 0 Å². The van der Waals surface area contributed by atoms with Gasteiger partial charge in [-0.25, -0.2) is 0 Å². The van der Waals surface area contributed by atoms with Crippen molar-refractivity contribution >= 4 is 5.91 Å². The molecule has 4 nitrogen and oxygen atoms in total. The molecule has 1 saturated heterocycles. The molecule has 0 spiro atoms. The smallest absolute Gasteiger partial charge is 0.241 e. The molecule has 4 heteroatoms. The Morgan fingerprint density at radius 2 is 1.84 bits per heavy atom. The average Bonchev–Trinajstić information content (AvgIpc) is 2.65. The van der Waals surface area contributed by atoms with Crippen LogP contribution in [0.2, 0.25) is 0 Å². The molecule has 0 radical (unpaired) electrons. The van der Waals surface area contributed by atoms with Gasteiger partial charge in [-0.05, 0) is 32.9 Å². The van der Waals surface area contributed by atoms with E-state index in [1.807, 2.05) is 0 Å². The van der Waals surface area contributed by atoms with Gasteiger partial charge < -0.3 is 9.80 Å². The van der Waals surface area contributed by atoms with Crippen molar-refractivity contribution in [3.8, 4) is 0 Å². The Hall–Kier alpha value is -0.610. The fourth-order valence-corrected chi connectivity index (χ4v) is 2.90. The topological polar surface area (TPSA) is 35.6 Å². The van der Waals surface area contributed by atoms with Crippen LogP contribution in [-0.2, 0) is 4.79 Å². The minimum Gasteiger partial charge on any atom is -0.322 e. The number of hydrogen-bond donors (Lipinski definition) is 1. The second-order valence-corrected chi connectivity index (χ2v) is 6.58. The number of rotatable bonds is 6. The molecule has 0 aromatic rings. The summed E-state index contributed by atoms with van der Waals surface area (Å²) in [6.45, 7) is 11.7. The van der Waals surface area contributed by atoms with E-state index in [0.29, 0.717) is 11.8 Å². The Morgan fingerprint density at radius 3 is 2.26 bits per heavy atom. The van der Waals surface area contributed by atoms with Crippen LogP contribution in [0, 0.1) is 11.8 Å². The summed E-state index contributed by atoms with van der Waals surface area (Å²) < 4.78 is 0. The fraction of sp³-hybridized carbons (Fsp3) is 0.933. The van der Waals surface area contributed by atoms with Gasteiger partial charge in [0, 0.05) is 12.6 Å². The van der Waals surface area contributed by atoms with Gasteiger partial charge in [0.1, 0.15) is 0 Å². The first kappa shape index (κ1) is 16.4. The zero-order chi connectivity index (χ0) is 14.7. The van der Waals surface area contributed by atoms with Crippen molar-refractivity contribution in [1.82, 2.24) is 15.1 Å². The van der Waals surface area contributed by atoms with Gasteiger partial charge in [0.2, 0.25) is 5.91 Å². The highest BCUT2D eigenvalue weighted by Gasteiger charge is 2.44. The zero-order valence-corrected chi connectivity index (χ0v) is 13.6. The third-order valence-corrected chi connectivity index (χ3v) is 4.12. The first-order valence-electron chi connectivity index (χ1n) is 7.52. The van der Waals surface area contributed by atoms with Gasteiger partial charge in [-0.1, -0.05) is 34.1 Å². The molecule has 0 saturated carbocycles. The number of amides is 1. The third kappa shape index (κ3) is 3.69. The summed E-state index contributed by atoms with van der Waals surface area (Å²) in [7, 11) is 4.11. The van der Waals surface area contributed by atoms with Crippen molar-refractivity contribution in [2.24, 2.45) is 11.8 Å². The summed E-state index contributed by atoms with van der Waals surface area (Å²) >= 11 is 0. The summed E-state index contributed by atoms with van der Waals surface area (Å²) in [5.74, 6) is 1.11. The second kappa shape index (κ2) is 6.71. The van der Waals surface area contributed by atoms with Crippen LogP contribution in [0.15, 0.2) is 0 Å². The van der Waals surface area contributed by atoms with Crippen molar-refractivity contribution in [3.05, 3.63) is 0 Å². The predicted octanol–water partition coefficient (Wildman–Crippen LogP) is 1.77. The molecule has 4 atom stereocenters. The number of hydrogen-bond acceptors (Lipinski definition) is 3. The lowest BCUT2D eigenvalue weighted by molar-refractivity contribution is -0.133. The van der Waals surface area contributed by atoms with E-state index in [0.717, 1.165) is 13.0 Å². The minimum atomic E-state index is -0.0120. The van der Waals surface area contributed by atoms with Crippen molar-refractivity contribution < 1.29 is 4.79 Å². The number of nitrogens with zero attached hydrogens (tertiary/aromatic N) is 2. The molecule has 1 amide bonds. The van der Waals surface area contributed by atoms with Crippen LogP contribution in [0.1, 0.15) is 41.0 Å². The molecular weight excluding hydrogens is 238 g/mol. The van der Waals surface area contributed by atoms with E-state index in [1.54, 1.807) is 0 Å². The monoisotopic (exact) mass is 269 g/mol. The van der Waals surface area contributed by atoms with Crippen molar-refractivity contribution in [3.63, 3.8) is 0 Å². The standard InChI is InChI=1S/C15H31N3O/c1-8-11(4)13-15(19)18(12(5)9-17(6)7)14(16-13)10(2)3/h10-14,16H,8-9H2,1-7H3. The molecule has 1 heterocycles. The Morgan fingerprint density at radius 1 is 1.26 bits per heavy atom. The fourth-order valence-electron chi connectivity index (χ4n) is 2.90. The molecule has 1 N–H and O–H groups in total. The SMILES string of the molecule is CCC(C)C1NC(C(C)C)N(C(C)CN(C)C)C1=O. The minimum absolute atomic E-state index is 0.0120. The first-order chi connectivity index (χ1) is 8.79. The van der Waals surface area contributed by atoms with E-state index in [-0.39, 0.29) is 24.2 Å². The molecule has 1 fully saturated rings. The highest BCUT2D eigenvalue weighted by molar-refractivity contribution is 5.85. The van der Waals surface area contributed by atoms with Gasteiger partial charge in [0.15, 0.2) is 0 Å². The van der Waals surface area contributed by atoms with Gasteiger partial charge in [0.05, 0.1) is 12.2 Å². The van der Waals surface area contributed by atoms with Crippen LogP contribution in [0.4, 0.5) is 0 Å². The number of nitrogens with one attached hydrogen (secondary N) is 1. The van der Waals surface area contributed by atoms with Crippen LogP contribution in [0.3, 0.4) is 0 Å². The quantitative estimate of drug-likeness (QED) is 0.798. The van der Waals surface area contributed by atoms with Crippen molar-refractivity contribution in [2.75, 3.05) is 20.6 Å². The Balaban J connectivity index is 2.88.